The lowest BCUT2D eigenvalue weighted by Gasteiger charge is -2.32. The van der Waals surface area contributed by atoms with Crippen LogP contribution in [0.3, 0.4) is 0 Å². The molecule has 0 saturated carbocycles. The summed E-state index contributed by atoms with van der Waals surface area (Å²) in [5.41, 5.74) is 1.34. The van der Waals surface area contributed by atoms with Gasteiger partial charge in [-0.05, 0) is 38.7 Å². The summed E-state index contributed by atoms with van der Waals surface area (Å²) in [4.78, 5) is 12.4. The summed E-state index contributed by atoms with van der Waals surface area (Å²) >= 11 is 0. The fraction of sp³-hybridized carbons (Fsp3) is 0.765. The van der Waals surface area contributed by atoms with Crippen molar-refractivity contribution < 1.29 is 13.2 Å². The molecule has 1 aromatic rings. The van der Waals surface area contributed by atoms with Crippen molar-refractivity contribution in [3.63, 3.8) is 0 Å². The molecule has 2 rings (SSSR count). The van der Waals surface area contributed by atoms with E-state index in [9.17, 15) is 13.2 Å². The van der Waals surface area contributed by atoms with Crippen LogP contribution in [0.25, 0.3) is 0 Å². The van der Waals surface area contributed by atoms with E-state index in [-0.39, 0.29) is 30.2 Å². The fourth-order valence-electron chi connectivity index (χ4n) is 3.13. The third kappa shape index (κ3) is 4.82. The standard InChI is InChI=1S/C17H30N4O3S/c1-5-20-16(12-15(19-20)13(2)3)17(22)18-9-11-25(23,24)21-10-7-6-8-14(21)4/h12-14H,5-11H2,1-4H3,(H,18,22)/t14-/m1/s1. The second-order valence-corrected chi connectivity index (χ2v) is 8.99. The molecule has 1 atom stereocenters. The van der Waals surface area contributed by atoms with Gasteiger partial charge >= 0.3 is 0 Å². The number of sulfonamides is 1. The zero-order valence-electron chi connectivity index (χ0n) is 15.7. The number of aromatic nitrogens is 2. The second-order valence-electron chi connectivity index (χ2n) is 6.95. The van der Waals surface area contributed by atoms with Crippen molar-refractivity contribution in [2.75, 3.05) is 18.8 Å². The van der Waals surface area contributed by atoms with Gasteiger partial charge in [0.2, 0.25) is 10.0 Å². The van der Waals surface area contributed by atoms with Gasteiger partial charge < -0.3 is 5.32 Å². The molecule has 0 radical (unpaired) electrons. The van der Waals surface area contributed by atoms with Gasteiger partial charge in [-0.3, -0.25) is 9.48 Å². The smallest absolute Gasteiger partial charge is 0.269 e. The Labute approximate surface area is 150 Å². The Balaban J connectivity index is 1.96. The third-order valence-corrected chi connectivity index (χ3v) is 6.64. The van der Waals surface area contributed by atoms with Crippen LogP contribution in [0.5, 0.6) is 0 Å². The predicted octanol–water partition coefficient (Wildman–Crippen LogP) is 1.96. The summed E-state index contributed by atoms with van der Waals surface area (Å²) in [6.07, 6.45) is 2.88. The SMILES string of the molecule is CCn1nc(C(C)C)cc1C(=O)NCCS(=O)(=O)N1CCCC[C@H]1C. The van der Waals surface area contributed by atoms with Crippen molar-refractivity contribution >= 4 is 15.9 Å². The summed E-state index contributed by atoms with van der Waals surface area (Å²) in [5, 5.41) is 7.15. The summed E-state index contributed by atoms with van der Waals surface area (Å²) in [5.74, 6) is -0.108. The maximum atomic E-state index is 12.5. The molecule has 1 aliphatic heterocycles. The molecule has 7 nitrogen and oxygen atoms in total. The molecule has 8 heteroatoms. The fourth-order valence-corrected chi connectivity index (χ4v) is 4.78. The molecule has 0 aromatic carbocycles. The van der Waals surface area contributed by atoms with Crippen LogP contribution in [0.15, 0.2) is 6.07 Å². The minimum atomic E-state index is -3.34. The Morgan fingerprint density at radius 1 is 1.40 bits per heavy atom. The molecule has 142 valence electrons. The quantitative estimate of drug-likeness (QED) is 0.795. The Morgan fingerprint density at radius 3 is 2.72 bits per heavy atom. The van der Waals surface area contributed by atoms with Gasteiger partial charge in [-0.2, -0.15) is 9.40 Å². The molecular formula is C17H30N4O3S. The second kappa shape index (κ2) is 8.31. The zero-order chi connectivity index (χ0) is 18.6. The van der Waals surface area contributed by atoms with Crippen LogP contribution in [0, 0.1) is 0 Å². The minimum Gasteiger partial charge on any atom is -0.350 e. The molecule has 1 aliphatic rings. The highest BCUT2D eigenvalue weighted by Gasteiger charge is 2.29. The lowest BCUT2D eigenvalue weighted by atomic mass is 10.1. The van der Waals surface area contributed by atoms with Gasteiger partial charge in [-0.15, -0.1) is 0 Å². The number of aryl methyl sites for hydroxylation is 1. The van der Waals surface area contributed by atoms with E-state index in [1.807, 2.05) is 27.7 Å². The van der Waals surface area contributed by atoms with Crippen molar-refractivity contribution in [3.8, 4) is 0 Å². The van der Waals surface area contributed by atoms with Crippen molar-refractivity contribution in [3.05, 3.63) is 17.5 Å². The molecule has 1 amide bonds. The molecule has 1 N–H and O–H groups in total. The number of amides is 1. The lowest BCUT2D eigenvalue weighted by molar-refractivity contribution is 0.0945. The van der Waals surface area contributed by atoms with Crippen molar-refractivity contribution in [1.82, 2.24) is 19.4 Å². The summed E-state index contributed by atoms with van der Waals surface area (Å²) in [6.45, 7) is 9.21. The molecule has 1 saturated heterocycles. The summed E-state index contributed by atoms with van der Waals surface area (Å²) < 4.78 is 28.2. The van der Waals surface area contributed by atoms with Crippen LogP contribution in [0.2, 0.25) is 0 Å². The number of piperidine rings is 1. The molecule has 1 aromatic heterocycles. The molecular weight excluding hydrogens is 340 g/mol. The number of nitrogens with zero attached hydrogens (tertiary/aromatic N) is 3. The monoisotopic (exact) mass is 370 g/mol. The molecule has 25 heavy (non-hydrogen) atoms. The number of carbonyl (C=O) groups is 1. The van der Waals surface area contributed by atoms with Gasteiger partial charge in [0.15, 0.2) is 0 Å². The van der Waals surface area contributed by atoms with E-state index in [0.717, 1.165) is 25.0 Å². The van der Waals surface area contributed by atoms with Crippen molar-refractivity contribution in [2.45, 2.75) is 65.5 Å². The van der Waals surface area contributed by atoms with E-state index in [0.29, 0.717) is 18.8 Å². The van der Waals surface area contributed by atoms with Crippen molar-refractivity contribution in [1.29, 1.82) is 0 Å². The van der Waals surface area contributed by atoms with Crippen molar-refractivity contribution in [2.24, 2.45) is 0 Å². The predicted molar refractivity (Wildman–Crippen MR) is 98.1 cm³/mol. The van der Waals surface area contributed by atoms with Gasteiger partial charge in [0, 0.05) is 25.7 Å². The van der Waals surface area contributed by atoms with E-state index in [1.165, 1.54) is 0 Å². The van der Waals surface area contributed by atoms with Crippen LogP contribution in [-0.4, -0.2) is 53.3 Å². The first-order valence-electron chi connectivity index (χ1n) is 9.11. The molecule has 0 spiro atoms. The van der Waals surface area contributed by atoms with Crippen LogP contribution in [0.4, 0.5) is 0 Å². The average Bonchev–Trinajstić information content (AvgIpc) is 2.99. The van der Waals surface area contributed by atoms with Gasteiger partial charge in [0.1, 0.15) is 5.69 Å². The molecule has 0 aliphatic carbocycles. The van der Waals surface area contributed by atoms with E-state index in [4.69, 9.17) is 0 Å². The number of rotatable bonds is 7. The molecule has 2 heterocycles. The first-order chi connectivity index (χ1) is 11.8. The van der Waals surface area contributed by atoms with Gasteiger partial charge in [0.05, 0.1) is 11.4 Å². The van der Waals surface area contributed by atoms with E-state index < -0.39 is 10.0 Å². The Morgan fingerprint density at radius 2 is 2.12 bits per heavy atom. The Bertz CT molecular complexity index is 697. The van der Waals surface area contributed by atoms with Crippen LogP contribution < -0.4 is 5.32 Å². The maximum Gasteiger partial charge on any atom is 0.269 e. The minimum absolute atomic E-state index is 0.0459. The zero-order valence-corrected chi connectivity index (χ0v) is 16.5. The van der Waals surface area contributed by atoms with Crippen LogP contribution >= 0.6 is 0 Å². The van der Waals surface area contributed by atoms with E-state index in [1.54, 1.807) is 15.1 Å². The van der Waals surface area contributed by atoms with Crippen LogP contribution in [0.1, 0.15) is 69.1 Å². The highest BCUT2D eigenvalue weighted by atomic mass is 32.2. The van der Waals surface area contributed by atoms with E-state index >= 15 is 0 Å². The van der Waals surface area contributed by atoms with Gasteiger partial charge in [0.25, 0.3) is 5.91 Å². The normalized spacial score (nSPS) is 19.3. The summed E-state index contributed by atoms with van der Waals surface area (Å²) in [6, 6.07) is 1.83. The average molecular weight is 371 g/mol. The maximum absolute atomic E-state index is 12.5. The summed E-state index contributed by atoms with van der Waals surface area (Å²) in [7, 11) is -3.34. The van der Waals surface area contributed by atoms with E-state index in [2.05, 4.69) is 10.4 Å². The lowest BCUT2D eigenvalue weighted by Crippen LogP contribution is -2.45. The number of carbonyl (C=O) groups excluding carboxylic acids is 1. The molecule has 1 fully saturated rings. The number of hydrogen-bond donors (Lipinski definition) is 1. The third-order valence-electron chi connectivity index (χ3n) is 4.67. The van der Waals surface area contributed by atoms with Gasteiger partial charge in [-0.1, -0.05) is 20.3 Å². The highest BCUT2D eigenvalue weighted by molar-refractivity contribution is 7.89. The largest absolute Gasteiger partial charge is 0.350 e. The number of hydrogen-bond acceptors (Lipinski definition) is 4. The Kier molecular flexibility index (Phi) is 6.62. The van der Waals surface area contributed by atoms with Gasteiger partial charge in [-0.25, -0.2) is 8.42 Å². The first kappa shape index (κ1) is 19.9. The molecule has 0 unspecified atom stereocenters. The highest BCUT2D eigenvalue weighted by Crippen LogP contribution is 2.20. The topological polar surface area (TPSA) is 84.3 Å². The molecule has 0 bridgehead atoms. The first-order valence-corrected chi connectivity index (χ1v) is 10.7. The number of nitrogens with one attached hydrogen (secondary N) is 1. The Hall–Kier alpha value is -1.41. The van der Waals surface area contributed by atoms with Crippen LogP contribution in [-0.2, 0) is 16.6 Å².